The summed E-state index contributed by atoms with van der Waals surface area (Å²) in [6.07, 6.45) is 5.59. The average Bonchev–Trinajstić information content (AvgIpc) is 3.19. The van der Waals surface area contributed by atoms with Crippen LogP contribution in [0, 0.1) is 6.92 Å². The number of hydrazone groups is 1. The van der Waals surface area contributed by atoms with Crippen molar-refractivity contribution in [1.82, 2.24) is 5.01 Å². The zero-order valence-electron chi connectivity index (χ0n) is 12.9. The molecule has 120 valence electrons. The zero-order valence-corrected chi connectivity index (χ0v) is 13.6. The van der Waals surface area contributed by atoms with E-state index >= 15 is 0 Å². The van der Waals surface area contributed by atoms with E-state index < -0.39 is 0 Å². The summed E-state index contributed by atoms with van der Waals surface area (Å²) in [5.74, 6) is 0.383. The number of hydrogen-bond donors (Lipinski definition) is 1. The first-order chi connectivity index (χ1) is 11.1. The monoisotopic (exact) mass is 331 g/mol. The summed E-state index contributed by atoms with van der Waals surface area (Å²) < 4.78 is 5.15. The highest BCUT2D eigenvalue weighted by atomic mass is 35.5. The van der Waals surface area contributed by atoms with Crippen LogP contribution in [-0.4, -0.2) is 30.2 Å². The van der Waals surface area contributed by atoms with Gasteiger partial charge in [-0.2, -0.15) is 5.10 Å². The highest BCUT2D eigenvalue weighted by Crippen LogP contribution is 2.21. The summed E-state index contributed by atoms with van der Waals surface area (Å²) in [5, 5.41) is 9.91. The number of amides is 1. The van der Waals surface area contributed by atoms with Gasteiger partial charge >= 0.3 is 0 Å². The predicted molar refractivity (Wildman–Crippen MR) is 91.3 cm³/mol. The van der Waals surface area contributed by atoms with Gasteiger partial charge in [-0.3, -0.25) is 9.80 Å². The van der Waals surface area contributed by atoms with Gasteiger partial charge in [-0.1, -0.05) is 11.6 Å². The topological polar surface area (TPSA) is 57.8 Å². The molecule has 23 heavy (non-hydrogen) atoms. The van der Waals surface area contributed by atoms with Gasteiger partial charge in [-0.15, -0.1) is 0 Å². The first-order valence-corrected chi connectivity index (χ1v) is 7.95. The minimum absolute atomic E-state index is 0.207. The Bertz CT molecular complexity index is 733. The molecule has 1 saturated heterocycles. The van der Waals surface area contributed by atoms with E-state index in [0.29, 0.717) is 22.0 Å². The van der Waals surface area contributed by atoms with Crippen LogP contribution in [0.5, 0.6) is 0 Å². The lowest BCUT2D eigenvalue weighted by molar-refractivity contribution is 0.102. The fourth-order valence-electron chi connectivity index (χ4n) is 2.50. The fraction of sp³-hybridized carbons (Fsp3) is 0.294. The van der Waals surface area contributed by atoms with Crippen molar-refractivity contribution >= 4 is 29.4 Å². The molecule has 5 nitrogen and oxygen atoms in total. The van der Waals surface area contributed by atoms with Crippen LogP contribution >= 0.6 is 11.6 Å². The number of hydrogen-bond acceptors (Lipinski definition) is 4. The van der Waals surface area contributed by atoms with Crippen molar-refractivity contribution in [1.29, 1.82) is 0 Å². The molecule has 0 spiro atoms. The maximum atomic E-state index is 12.2. The average molecular weight is 332 g/mol. The van der Waals surface area contributed by atoms with Crippen molar-refractivity contribution in [2.75, 3.05) is 18.4 Å². The van der Waals surface area contributed by atoms with Crippen LogP contribution in [0.3, 0.4) is 0 Å². The number of furan rings is 1. The summed E-state index contributed by atoms with van der Waals surface area (Å²) in [6.45, 7) is 3.71. The Balaban J connectivity index is 1.74. The molecule has 1 aromatic carbocycles. The largest absolute Gasteiger partial charge is 0.469 e. The summed E-state index contributed by atoms with van der Waals surface area (Å²) in [5.41, 5.74) is 1.97. The number of nitrogens with zero attached hydrogens (tertiary/aromatic N) is 2. The second-order valence-electron chi connectivity index (χ2n) is 5.49. The molecule has 0 atom stereocenters. The summed E-state index contributed by atoms with van der Waals surface area (Å²) in [7, 11) is 0. The normalized spacial score (nSPS) is 14.6. The number of nitrogens with one attached hydrogen (secondary N) is 1. The molecule has 0 radical (unpaired) electrons. The third-order valence-electron chi connectivity index (χ3n) is 3.80. The van der Waals surface area contributed by atoms with E-state index in [2.05, 4.69) is 10.4 Å². The maximum absolute atomic E-state index is 12.2. The van der Waals surface area contributed by atoms with Crippen LogP contribution in [0.25, 0.3) is 0 Å². The standard InChI is InChI=1S/C17H18ClN3O2/c1-12-15(6-9-23-12)17(22)20-14-4-5-16(18)13(10-14)11-19-21-7-2-3-8-21/h4-6,9-11H,2-3,7-8H2,1H3,(H,20,22). The third kappa shape index (κ3) is 3.74. The lowest BCUT2D eigenvalue weighted by Crippen LogP contribution is -2.13. The predicted octanol–water partition coefficient (Wildman–Crippen LogP) is 3.92. The number of carbonyl (C=O) groups is 1. The van der Waals surface area contributed by atoms with Gasteiger partial charge < -0.3 is 9.73 Å². The van der Waals surface area contributed by atoms with E-state index in [0.717, 1.165) is 18.7 Å². The minimum Gasteiger partial charge on any atom is -0.469 e. The molecule has 0 bridgehead atoms. The van der Waals surface area contributed by atoms with E-state index in [-0.39, 0.29) is 5.91 Å². The number of halogens is 1. The number of anilines is 1. The van der Waals surface area contributed by atoms with Crippen molar-refractivity contribution in [2.45, 2.75) is 19.8 Å². The molecule has 1 amide bonds. The molecule has 0 saturated carbocycles. The third-order valence-corrected chi connectivity index (χ3v) is 4.14. The Hall–Kier alpha value is -2.27. The molecular formula is C17H18ClN3O2. The lowest BCUT2D eigenvalue weighted by Gasteiger charge is -2.10. The summed E-state index contributed by atoms with van der Waals surface area (Å²) >= 11 is 6.21. The maximum Gasteiger partial charge on any atom is 0.259 e. The first kappa shape index (κ1) is 15.6. The summed E-state index contributed by atoms with van der Waals surface area (Å²) in [6, 6.07) is 6.99. The quantitative estimate of drug-likeness (QED) is 0.864. The summed E-state index contributed by atoms with van der Waals surface area (Å²) in [4.78, 5) is 12.2. The van der Waals surface area contributed by atoms with Crippen molar-refractivity contribution in [2.24, 2.45) is 5.10 Å². The molecule has 1 fully saturated rings. The lowest BCUT2D eigenvalue weighted by atomic mass is 10.2. The van der Waals surface area contributed by atoms with E-state index in [1.807, 2.05) is 11.1 Å². The van der Waals surface area contributed by atoms with Gasteiger partial charge in [-0.25, -0.2) is 0 Å². The van der Waals surface area contributed by atoms with Gasteiger partial charge in [0.2, 0.25) is 0 Å². The highest BCUT2D eigenvalue weighted by Gasteiger charge is 2.12. The molecule has 1 aliphatic rings. The Morgan fingerprint density at radius 1 is 1.35 bits per heavy atom. The number of rotatable bonds is 4. The van der Waals surface area contributed by atoms with Crippen LogP contribution in [0.4, 0.5) is 5.69 Å². The van der Waals surface area contributed by atoms with Crippen molar-refractivity contribution in [3.05, 3.63) is 52.4 Å². The van der Waals surface area contributed by atoms with Gasteiger partial charge in [0.1, 0.15) is 5.76 Å². The van der Waals surface area contributed by atoms with E-state index in [9.17, 15) is 4.79 Å². The van der Waals surface area contributed by atoms with Crippen molar-refractivity contribution in [3.8, 4) is 0 Å². The van der Waals surface area contributed by atoms with Crippen LogP contribution < -0.4 is 5.32 Å². The molecule has 3 rings (SSSR count). The molecule has 2 aromatic rings. The molecule has 0 aliphatic carbocycles. The van der Waals surface area contributed by atoms with Gasteiger partial charge in [0.25, 0.3) is 5.91 Å². The zero-order chi connectivity index (χ0) is 16.2. The Labute approximate surface area is 139 Å². The highest BCUT2D eigenvalue weighted by molar-refractivity contribution is 6.33. The Morgan fingerprint density at radius 2 is 2.13 bits per heavy atom. The molecule has 1 N–H and O–H groups in total. The van der Waals surface area contributed by atoms with Crippen LogP contribution in [0.1, 0.15) is 34.5 Å². The fourth-order valence-corrected chi connectivity index (χ4v) is 2.67. The van der Waals surface area contributed by atoms with Gasteiger partial charge in [0.15, 0.2) is 0 Å². The van der Waals surface area contributed by atoms with E-state index in [1.165, 1.54) is 19.1 Å². The van der Waals surface area contributed by atoms with Gasteiger partial charge in [-0.05, 0) is 44.0 Å². The molecule has 2 heterocycles. The first-order valence-electron chi connectivity index (χ1n) is 7.57. The van der Waals surface area contributed by atoms with Crippen molar-refractivity contribution in [3.63, 3.8) is 0 Å². The van der Waals surface area contributed by atoms with Crippen LogP contribution in [-0.2, 0) is 0 Å². The molecule has 0 unspecified atom stereocenters. The Kier molecular flexibility index (Phi) is 4.67. The molecule has 1 aromatic heterocycles. The van der Waals surface area contributed by atoms with Crippen LogP contribution in [0.15, 0.2) is 40.0 Å². The van der Waals surface area contributed by atoms with E-state index in [4.69, 9.17) is 16.0 Å². The molecular weight excluding hydrogens is 314 g/mol. The number of carbonyl (C=O) groups excluding carboxylic acids is 1. The molecule has 6 heteroatoms. The van der Waals surface area contributed by atoms with Crippen molar-refractivity contribution < 1.29 is 9.21 Å². The van der Waals surface area contributed by atoms with Gasteiger partial charge in [0, 0.05) is 29.4 Å². The smallest absolute Gasteiger partial charge is 0.259 e. The second kappa shape index (κ2) is 6.87. The van der Waals surface area contributed by atoms with E-state index in [1.54, 1.807) is 31.3 Å². The number of benzene rings is 1. The van der Waals surface area contributed by atoms with Gasteiger partial charge in [0.05, 0.1) is 18.0 Å². The minimum atomic E-state index is -0.207. The second-order valence-corrected chi connectivity index (χ2v) is 5.89. The van der Waals surface area contributed by atoms with Crippen LogP contribution in [0.2, 0.25) is 5.02 Å². The number of aryl methyl sites for hydroxylation is 1. The Morgan fingerprint density at radius 3 is 2.83 bits per heavy atom. The SMILES string of the molecule is Cc1occc1C(=O)Nc1ccc(Cl)c(C=NN2CCCC2)c1. The molecule has 1 aliphatic heterocycles.